The number of hydrogen-bond acceptors (Lipinski definition) is 6. The van der Waals surface area contributed by atoms with E-state index in [4.69, 9.17) is 4.52 Å². The molecule has 200 valence electrons. The Hall–Kier alpha value is -2.95. The van der Waals surface area contributed by atoms with Crippen molar-refractivity contribution in [1.82, 2.24) is 9.46 Å². The van der Waals surface area contributed by atoms with Crippen molar-refractivity contribution in [1.29, 1.82) is 0 Å². The van der Waals surface area contributed by atoms with Crippen molar-refractivity contribution >= 4 is 45.5 Å². The summed E-state index contributed by atoms with van der Waals surface area (Å²) in [5, 5.41) is 4.20. The number of benzene rings is 2. The average molecular weight is 556 g/mol. The summed E-state index contributed by atoms with van der Waals surface area (Å²) in [7, 11) is -3.93. The molecule has 3 aromatic rings. The molecule has 0 spiro atoms. The van der Waals surface area contributed by atoms with Gasteiger partial charge in [-0.25, -0.2) is 12.8 Å². The van der Waals surface area contributed by atoms with Gasteiger partial charge in [-0.1, -0.05) is 42.4 Å². The molecule has 1 saturated heterocycles. The second kappa shape index (κ2) is 11.0. The van der Waals surface area contributed by atoms with Gasteiger partial charge >= 0.3 is 0 Å². The zero-order chi connectivity index (χ0) is 26.9. The molecule has 10 heteroatoms. The highest BCUT2D eigenvalue weighted by molar-refractivity contribution is 8.00. The van der Waals surface area contributed by atoms with E-state index in [9.17, 15) is 17.6 Å². The highest BCUT2D eigenvalue weighted by Gasteiger charge is 2.38. The number of hydrogen-bond donors (Lipinski definition) is 0. The topological polar surface area (TPSA) is 83.7 Å². The molecule has 2 aliphatic rings. The lowest BCUT2D eigenvalue weighted by Gasteiger charge is -2.38. The standard InChI is InChI=1S/C28H30FN3O4S2/c1-3-22-18-32(24-10-6-7-11-26(24)37-22)28(33)21-14-16-31(17-15-21)38(34,35)27-19(2)30-36-25(27)13-12-20-8-4-5-9-23(20)29/h4-13,21-22H,3,14-18H2,1-2H3/b13-12+/t22-/m0/s1. The maximum atomic E-state index is 14.0. The van der Waals surface area contributed by atoms with Gasteiger partial charge in [0.05, 0.1) is 5.69 Å². The third-order valence-electron chi connectivity index (χ3n) is 7.11. The minimum Gasteiger partial charge on any atom is -0.355 e. The summed E-state index contributed by atoms with van der Waals surface area (Å²) in [5.41, 5.74) is 1.49. The summed E-state index contributed by atoms with van der Waals surface area (Å²) in [4.78, 5) is 16.6. The average Bonchev–Trinajstić information content (AvgIpc) is 3.32. The fraction of sp³-hybridized carbons (Fsp3) is 0.357. The van der Waals surface area contributed by atoms with Crippen molar-refractivity contribution in [3.63, 3.8) is 0 Å². The maximum Gasteiger partial charge on any atom is 0.248 e. The smallest absolute Gasteiger partial charge is 0.248 e. The molecule has 0 N–H and O–H groups in total. The summed E-state index contributed by atoms with van der Waals surface area (Å²) < 4.78 is 47.9. The van der Waals surface area contributed by atoms with Crippen molar-refractivity contribution in [3.8, 4) is 0 Å². The molecule has 0 bridgehead atoms. The van der Waals surface area contributed by atoms with Crippen LogP contribution in [0.5, 0.6) is 0 Å². The Labute approximate surface area is 226 Å². The quantitative estimate of drug-likeness (QED) is 0.393. The second-order valence-electron chi connectivity index (χ2n) is 9.56. The molecule has 5 rings (SSSR count). The van der Waals surface area contributed by atoms with Crippen LogP contribution < -0.4 is 4.90 Å². The largest absolute Gasteiger partial charge is 0.355 e. The van der Waals surface area contributed by atoms with Crippen LogP contribution in [-0.4, -0.2) is 48.7 Å². The van der Waals surface area contributed by atoms with E-state index >= 15 is 0 Å². The van der Waals surface area contributed by atoms with Crippen LogP contribution in [0.4, 0.5) is 10.1 Å². The number of halogens is 1. The van der Waals surface area contributed by atoms with E-state index in [2.05, 4.69) is 18.1 Å². The van der Waals surface area contributed by atoms with Gasteiger partial charge in [0.1, 0.15) is 11.5 Å². The molecular weight excluding hydrogens is 525 g/mol. The predicted octanol–water partition coefficient (Wildman–Crippen LogP) is 5.61. The molecule has 38 heavy (non-hydrogen) atoms. The number of nitrogens with zero attached hydrogens (tertiary/aromatic N) is 3. The first-order valence-corrected chi connectivity index (χ1v) is 15.1. The molecule has 0 unspecified atom stereocenters. The number of rotatable bonds is 6. The first-order valence-electron chi connectivity index (χ1n) is 12.8. The summed E-state index contributed by atoms with van der Waals surface area (Å²) in [5.74, 6) is -0.560. The summed E-state index contributed by atoms with van der Waals surface area (Å²) in [6.07, 6.45) is 4.73. The summed E-state index contributed by atoms with van der Waals surface area (Å²) in [6, 6.07) is 14.2. The van der Waals surface area contributed by atoms with E-state index in [-0.39, 0.29) is 41.3 Å². The van der Waals surface area contributed by atoms with E-state index in [1.165, 1.54) is 22.5 Å². The first-order chi connectivity index (χ1) is 18.3. The van der Waals surface area contributed by atoms with Gasteiger partial charge < -0.3 is 9.42 Å². The molecule has 0 saturated carbocycles. The van der Waals surface area contributed by atoms with Gasteiger partial charge in [0.15, 0.2) is 10.7 Å². The normalized spacial score (nSPS) is 19.1. The van der Waals surface area contributed by atoms with Gasteiger partial charge in [0, 0.05) is 41.3 Å². The zero-order valence-corrected chi connectivity index (χ0v) is 23.0. The lowest BCUT2D eigenvalue weighted by atomic mass is 9.96. The van der Waals surface area contributed by atoms with E-state index in [0.717, 1.165) is 17.0 Å². The Morgan fingerprint density at radius 1 is 1.13 bits per heavy atom. The van der Waals surface area contributed by atoms with Crippen LogP contribution in [-0.2, 0) is 14.8 Å². The van der Waals surface area contributed by atoms with Crippen molar-refractivity contribution in [3.05, 3.63) is 71.4 Å². The Bertz CT molecular complexity index is 1460. The highest BCUT2D eigenvalue weighted by Crippen LogP contribution is 2.41. The second-order valence-corrected chi connectivity index (χ2v) is 12.8. The van der Waals surface area contributed by atoms with Crippen molar-refractivity contribution < 1.29 is 22.1 Å². The van der Waals surface area contributed by atoms with Crippen molar-refractivity contribution in [2.75, 3.05) is 24.5 Å². The first kappa shape index (κ1) is 26.6. The van der Waals surface area contributed by atoms with Crippen LogP contribution in [0.2, 0.25) is 0 Å². The fourth-order valence-electron chi connectivity index (χ4n) is 4.99. The van der Waals surface area contributed by atoms with Crippen molar-refractivity contribution in [2.24, 2.45) is 5.92 Å². The van der Waals surface area contributed by atoms with Crippen molar-refractivity contribution in [2.45, 2.75) is 48.2 Å². The monoisotopic (exact) mass is 555 g/mol. The third kappa shape index (κ3) is 5.17. The highest BCUT2D eigenvalue weighted by atomic mass is 32.2. The molecule has 2 aromatic carbocycles. The lowest BCUT2D eigenvalue weighted by molar-refractivity contribution is -0.123. The van der Waals surface area contributed by atoms with Gasteiger partial charge in [-0.05, 0) is 56.5 Å². The summed E-state index contributed by atoms with van der Waals surface area (Å²) in [6.45, 7) is 4.81. The minimum atomic E-state index is -3.93. The number of amides is 1. The number of thioether (sulfide) groups is 1. The number of fused-ring (bicyclic) bond motifs is 1. The molecular formula is C28H30FN3O4S2. The third-order valence-corrected chi connectivity index (χ3v) is 10.6. The van der Waals surface area contributed by atoms with E-state index in [1.807, 2.05) is 34.9 Å². The van der Waals surface area contributed by atoms with E-state index < -0.39 is 15.8 Å². The van der Waals surface area contributed by atoms with Crippen LogP contribution in [0, 0.1) is 18.7 Å². The van der Waals surface area contributed by atoms with Gasteiger partial charge in [-0.2, -0.15) is 4.31 Å². The van der Waals surface area contributed by atoms with Gasteiger partial charge in [-0.15, -0.1) is 11.8 Å². The Morgan fingerprint density at radius 2 is 1.84 bits per heavy atom. The number of carbonyl (C=O) groups excluding carboxylic acids is 1. The minimum absolute atomic E-state index is 0.0253. The molecule has 2 aliphatic heterocycles. The van der Waals surface area contributed by atoms with Crippen LogP contribution in [0.1, 0.15) is 43.2 Å². The van der Waals surface area contributed by atoms with E-state index in [1.54, 1.807) is 25.1 Å². The van der Waals surface area contributed by atoms with Crippen LogP contribution >= 0.6 is 11.8 Å². The number of aryl methyl sites for hydroxylation is 1. The number of anilines is 1. The molecule has 7 nitrogen and oxygen atoms in total. The molecule has 0 radical (unpaired) electrons. The molecule has 0 aliphatic carbocycles. The van der Waals surface area contributed by atoms with Gasteiger partial charge in [-0.3, -0.25) is 4.79 Å². The lowest BCUT2D eigenvalue weighted by Crippen LogP contribution is -2.47. The zero-order valence-electron chi connectivity index (χ0n) is 21.3. The predicted molar refractivity (Wildman–Crippen MR) is 147 cm³/mol. The number of carbonyl (C=O) groups is 1. The van der Waals surface area contributed by atoms with Crippen LogP contribution in [0.3, 0.4) is 0 Å². The molecule has 3 heterocycles. The van der Waals surface area contributed by atoms with Crippen LogP contribution in [0.15, 0.2) is 62.8 Å². The Morgan fingerprint density at radius 3 is 2.58 bits per heavy atom. The van der Waals surface area contributed by atoms with Gasteiger partial charge in [0.2, 0.25) is 15.9 Å². The maximum absolute atomic E-state index is 14.0. The number of piperidine rings is 1. The molecule has 1 amide bonds. The fourth-order valence-corrected chi connectivity index (χ4v) is 7.91. The molecule has 1 fully saturated rings. The number of sulfonamides is 1. The molecule has 1 atom stereocenters. The van der Waals surface area contributed by atoms with E-state index in [0.29, 0.717) is 30.2 Å². The SMILES string of the molecule is CC[C@H]1CN(C(=O)C2CCN(S(=O)(=O)c3c(C)noc3/C=C/c3ccccc3F)CC2)c2ccccc2S1. The summed E-state index contributed by atoms with van der Waals surface area (Å²) >= 11 is 1.81. The Kier molecular flexibility index (Phi) is 7.74. The Balaban J connectivity index is 1.31. The molecule has 1 aromatic heterocycles. The number of aromatic nitrogens is 1. The van der Waals surface area contributed by atoms with Crippen LogP contribution in [0.25, 0.3) is 12.2 Å². The van der Waals surface area contributed by atoms with Gasteiger partial charge in [0.25, 0.3) is 0 Å². The number of para-hydroxylation sites is 1.